The van der Waals surface area contributed by atoms with Crippen molar-refractivity contribution >= 4 is 11.0 Å². The molecule has 0 saturated heterocycles. The summed E-state index contributed by atoms with van der Waals surface area (Å²) < 4.78 is 0. The maximum absolute atomic E-state index is 4.22. The van der Waals surface area contributed by atoms with E-state index in [0.29, 0.717) is 0 Å². The van der Waals surface area contributed by atoms with Crippen LogP contribution in [0.2, 0.25) is 0 Å². The van der Waals surface area contributed by atoms with E-state index in [-0.39, 0.29) is 0 Å². The highest BCUT2D eigenvalue weighted by atomic mass is 15.1. The zero-order valence-corrected chi connectivity index (χ0v) is 10.2. The molecule has 0 fully saturated rings. The van der Waals surface area contributed by atoms with E-state index in [2.05, 4.69) is 37.6 Å². The Hall–Kier alpha value is -2.14. The van der Waals surface area contributed by atoms with Crippen molar-refractivity contribution in [3.05, 3.63) is 36.4 Å². The van der Waals surface area contributed by atoms with Gasteiger partial charge >= 0.3 is 0 Å². The summed E-state index contributed by atoms with van der Waals surface area (Å²) in [5.74, 6) is 0. The highest BCUT2D eigenvalue weighted by molar-refractivity contribution is 5.81. The molecule has 0 aliphatic rings. The number of rotatable bonds is 4. The molecule has 3 rings (SSSR count). The van der Waals surface area contributed by atoms with Gasteiger partial charge in [-0.15, -0.1) is 0 Å². The molecule has 1 aromatic carbocycles. The summed E-state index contributed by atoms with van der Waals surface area (Å²) in [6, 6.07) is 6.21. The molecule has 18 heavy (non-hydrogen) atoms. The first-order valence-electron chi connectivity index (χ1n) is 5.99. The van der Waals surface area contributed by atoms with Crippen LogP contribution in [0.1, 0.15) is 5.69 Å². The van der Waals surface area contributed by atoms with Gasteiger partial charge in [-0.1, -0.05) is 6.07 Å². The van der Waals surface area contributed by atoms with E-state index in [4.69, 9.17) is 0 Å². The first-order valence-corrected chi connectivity index (χ1v) is 5.99. The van der Waals surface area contributed by atoms with Crippen LogP contribution in [-0.2, 0) is 6.42 Å². The number of imidazole rings is 1. The number of likely N-dealkylation sites (N-methyl/N-ethyl adjacent to an activating group) is 1. The maximum Gasteiger partial charge on any atom is 0.0931 e. The molecule has 0 amide bonds. The van der Waals surface area contributed by atoms with Crippen LogP contribution in [0.15, 0.2) is 30.7 Å². The number of aromatic amines is 2. The van der Waals surface area contributed by atoms with Gasteiger partial charge in [0.1, 0.15) is 0 Å². The third-order valence-corrected chi connectivity index (χ3v) is 3.07. The lowest BCUT2D eigenvalue weighted by Crippen LogP contribution is -2.11. The molecule has 0 saturated carbocycles. The largest absolute Gasteiger partial charge is 0.345 e. The quantitative estimate of drug-likeness (QED) is 0.651. The van der Waals surface area contributed by atoms with Crippen molar-refractivity contribution in [1.29, 1.82) is 0 Å². The molecule has 0 spiro atoms. The van der Waals surface area contributed by atoms with E-state index in [0.717, 1.165) is 40.8 Å². The van der Waals surface area contributed by atoms with Crippen molar-refractivity contribution in [3.8, 4) is 11.1 Å². The van der Waals surface area contributed by atoms with Crippen LogP contribution in [0.3, 0.4) is 0 Å². The second kappa shape index (κ2) is 4.62. The molecule has 0 bridgehead atoms. The first kappa shape index (κ1) is 11.0. The van der Waals surface area contributed by atoms with Gasteiger partial charge in [0.15, 0.2) is 0 Å². The normalized spacial score (nSPS) is 11.2. The number of H-pyrrole nitrogens is 2. The standard InChI is InChI=1S/C13H15N5/c1-14-5-4-11-10(7-17-18-11)9-2-3-12-13(6-9)16-8-15-12/h2-3,6-8,14H,4-5H2,1H3,(H,15,16)(H,17,18). The average Bonchev–Trinajstić information content (AvgIpc) is 3.03. The smallest absolute Gasteiger partial charge is 0.0931 e. The van der Waals surface area contributed by atoms with Gasteiger partial charge in [0.25, 0.3) is 0 Å². The molecule has 0 atom stereocenters. The molecule has 0 aliphatic heterocycles. The molecule has 3 aromatic rings. The van der Waals surface area contributed by atoms with E-state index in [1.807, 2.05) is 19.3 Å². The summed E-state index contributed by atoms with van der Waals surface area (Å²) in [5.41, 5.74) is 5.50. The number of fused-ring (bicyclic) bond motifs is 1. The van der Waals surface area contributed by atoms with Gasteiger partial charge in [-0.2, -0.15) is 5.10 Å². The SMILES string of the molecule is CNCCc1[nH]ncc1-c1ccc2nc[nH]c2c1. The van der Waals surface area contributed by atoms with Crippen molar-refractivity contribution in [3.63, 3.8) is 0 Å². The molecule has 0 unspecified atom stereocenters. The van der Waals surface area contributed by atoms with Gasteiger partial charge in [-0.3, -0.25) is 5.10 Å². The van der Waals surface area contributed by atoms with Crippen molar-refractivity contribution < 1.29 is 0 Å². The zero-order chi connectivity index (χ0) is 12.4. The van der Waals surface area contributed by atoms with E-state index in [9.17, 15) is 0 Å². The van der Waals surface area contributed by atoms with Crippen molar-refractivity contribution in [2.45, 2.75) is 6.42 Å². The highest BCUT2D eigenvalue weighted by Gasteiger charge is 2.08. The molecular formula is C13H15N5. The van der Waals surface area contributed by atoms with Crippen molar-refractivity contribution in [2.24, 2.45) is 0 Å². The maximum atomic E-state index is 4.22. The summed E-state index contributed by atoms with van der Waals surface area (Å²) in [4.78, 5) is 7.35. The minimum atomic E-state index is 0.932. The zero-order valence-electron chi connectivity index (χ0n) is 10.2. The fraction of sp³-hybridized carbons (Fsp3) is 0.231. The first-order chi connectivity index (χ1) is 8.88. The third-order valence-electron chi connectivity index (χ3n) is 3.07. The Bertz CT molecular complexity index is 652. The number of benzene rings is 1. The van der Waals surface area contributed by atoms with Crippen molar-refractivity contribution in [2.75, 3.05) is 13.6 Å². The fourth-order valence-corrected chi connectivity index (χ4v) is 2.11. The number of hydrogen-bond acceptors (Lipinski definition) is 3. The Kier molecular flexibility index (Phi) is 2.82. The molecule has 0 radical (unpaired) electrons. The Morgan fingerprint density at radius 3 is 3.17 bits per heavy atom. The molecule has 2 heterocycles. The van der Waals surface area contributed by atoms with E-state index >= 15 is 0 Å². The Balaban J connectivity index is 2.00. The van der Waals surface area contributed by atoms with Gasteiger partial charge in [0, 0.05) is 24.2 Å². The van der Waals surface area contributed by atoms with Crippen molar-refractivity contribution in [1.82, 2.24) is 25.5 Å². The third kappa shape index (κ3) is 1.89. The second-order valence-electron chi connectivity index (χ2n) is 4.25. The highest BCUT2D eigenvalue weighted by Crippen LogP contribution is 2.25. The van der Waals surface area contributed by atoms with Crippen LogP contribution in [0.5, 0.6) is 0 Å². The summed E-state index contributed by atoms with van der Waals surface area (Å²) in [6.07, 6.45) is 4.53. The van der Waals surface area contributed by atoms with Crippen LogP contribution >= 0.6 is 0 Å². The lowest BCUT2D eigenvalue weighted by molar-refractivity contribution is 0.773. The van der Waals surface area contributed by atoms with Crippen LogP contribution in [0.4, 0.5) is 0 Å². The summed E-state index contributed by atoms with van der Waals surface area (Å²) in [5, 5.41) is 10.4. The molecule has 0 aliphatic carbocycles. The van der Waals surface area contributed by atoms with Gasteiger partial charge in [-0.05, 0) is 24.7 Å². The van der Waals surface area contributed by atoms with Crippen LogP contribution in [0, 0.1) is 0 Å². The topological polar surface area (TPSA) is 69.4 Å². The van der Waals surface area contributed by atoms with E-state index < -0.39 is 0 Å². The van der Waals surface area contributed by atoms with Crippen LogP contribution in [-0.4, -0.2) is 33.8 Å². The predicted octanol–water partition coefficient (Wildman–Crippen LogP) is 1.71. The molecule has 2 aromatic heterocycles. The van der Waals surface area contributed by atoms with Crippen LogP contribution in [0.25, 0.3) is 22.2 Å². The molecule has 92 valence electrons. The lowest BCUT2D eigenvalue weighted by atomic mass is 10.0. The van der Waals surface area contributed by atoms with Crippen LogP contribution < -0.4 is 5.32 Å². The number of hydrogen-bond donors (Lipinski definition) is 3. The van der Waals surface area contributed by atoms with Gasteiger partial charge < -0.3 is 10.3 Å². The number of nitrogens with one attached hydrogen (secondary N) is 3. The Morgan fingerprint density at radius 2 is 2.28 bits per heavy atom. The van der Waals surface area contributed by atoms with Gasteiger partial charge in [-0.25, -0.2) is 4.98 Å². The number of aromatic nitrogens is 4. The molecular weight excluding hydrogens is 226 g/mol. The van der Waals surface area contributed by atoms with Gasteiger partial charge in [0.05, 0.1) is 23.6 Å². The fourth-order valence-electron chi connectivity index (χ4n) is 2.11. The minimum Gasteiger partial charge on any atom is -0.345 e. The second-order valence-corrected chi connectivity index (χ2v) is 4.25. The summed E-state index contributed by atoms with van der Waals surface area (Å²) in [6.45, 7) is 0.932. The monoisotopic (exact) mass is 241 g/mol. The Labute approximate surface area is 105 Å². The molecule has 3 N–H and O–H groups in total. The van der Waals surface area contributed by atoms with E-state index in [1.54, 1.807) is 6.33 Å². The Morgan fingerprint density at radius 1 is 1.33 bits per heavy atom. The van der Waals surface area contributed by atoms with Gasteiger partial charge in [0.2, 0.25) is 0 Å². The summed E-state index contributed by atoms with van der Waals surface area (Å²) in [7, 11) is 1.95. The summed E-state index contributed by atoms with van der Waals surface area (Å²) >= 11 is 0. The van der Waals surface area contributed by atoms with E-state index in [1.165, 1.54) is 0 Å². The number of nitrogens with zero attached hydrogens (tertiary/aromatic N) is 2. The lowest BCUT2D eigenvalue weighted by Gasteiger charge is -2.03. The minimum absolute atomic E-state index is 0.932. The predicted molar refractivity (Wildman–Crippen MR) is 71.3 cm³/mol. The average molecular weight is 241 g/mol. The molecule has 5 heteroatoms. The molecule has 5 nitrogen and oxygen atoms in total.